The maximum Gasteiger partial charge on any atom is 0.276 e. The Labute approximate surface area is 132 Å². The SMILES string of the molecule is N=C([O-])C1=CN(Cc2ccccc2)C=C(C(N)=O)C1S(=O)(=O)O. The Hall–Kier alpha value is -2.65. The van der Waals surface area contributed by atoms with Gasteiger partial charge in [0.1, 0.15) is 5.25 Å². The number of hydrogen-bond donors (Lipinski definition) is 3. The third-order valence-electron chi connectivity index (χ3n) is 3.23. The zero-order valence-corrected chi connectivity index (χ0v) is 12.7. The van der Waals surface area contributed by atoms with Crippen LogP contribution >= 0.6 is 0 Å². The van der Waals surface area contributed by atoms with Crippen LogP contribution in [0.15, 0.2) is 53.9 Å². The predicted octanol–water partition coefficient (Wildman–Crippen LogP) is -0.651. The van der Waals surface area contributed by atoms with Crippen LogP contribution in [0, 0.1) is 5.41 Å². The standard InChI is InChI=1S/C14H15N3O5S/c15-13(18)10-7-17(6-9-4-2-1-3-5-9)8-11(14(16)19)12(10)23(20,21)22/h1-5,7-8,12H,6H2,(H2,15,18)(H2,16,19)(H,20,21,22)/p-1. The first-order valence-electron chi connectivity index (χ1n) is 6.45. The number of amides is 1. The van der Waals surface area contributed by atoms with Gasteiger partial charge in [0.15, 0.2) is 0 Å². The number of carbonyl (C=O) groups excluding carboxylic acids is 1. The first-order chi connectivity index (χ1) is 10.7. The zero-order chi connectivity index (χ0) is 17.2. The van der Waals surface area contributed by atoms with E-state index < -0.39 is 38.3 Å². The second kappa shape index (κ2) is 6.23. The molecule has 9 heteroatoms. The van der Waals surface area contributed by atoms with Crippen molar-refractivity contribution in [2.45, 2.75) is 11.8 Å². The number of benzene rings is 1. The van der Waals surface area contributed by atoms with Crippen LogP contribution in [0.4, 0.5) is 0 Å². The number of nitrogens with one attached hydrogen (secondary N) is 1. The van der Waals surface area contributed by atoms with Crippen LogP contribution in [0.5, 0.6) is 0 Å². The van der Waals surface area contributed by atoms with Crippen molar-refractivity contribution in [2.75, 3.05) is 0 Å². The fraction of sp³-hybridized carbons (Fsp3) is 0.143. The van der Waals surface area contributed by atoms with Crippen LogP contribution in [-0.2, 0) is 21.5 Å². The molecule has 1 aliphatic rings. The summed E-state index contributed by atoms with van der Waals surface area (Å²) < 4.78 is 32.3. The van der Waals surface area contributed by atoms with E-state index >= 15 is 0 Å². The third-order valence-corrected chi connectivity index (χ3v) is 4.33. The fourth-order valence-corrected chi connectivity index (χ4v) is 3.26. The van der Waals surface area contributed by atoms with E-state index in [0.29, 0.717) is 0 Å². The number of carbonyl (C=O) groups is 1. The van der Waals surface area contributed by atoms with Crippen LogP contribution in [0.3, 0.4) is 0 Å². The third kappa shape index (κ3) is 3.76. The van der Waals surface area contributed by atoms with Gasteiger partial charge in [-0.2, -0.15) is 8.42 Å². The van der Waals surface area contributed by atoms with Crippen molar-refractivity contribution in [3.05, 3.63) is 59.4 Å². The van der Waals surface area contributed by atoms with Gasteiger partial charge in [0.05, 0.1) is 5.57 Å². The molecule has 0 saturated carbocycles. The molecule has 1 aliphatic heterocycles. The first-order valence-corrected chi connectivity index (χ1v) is 7.95. The largest absolute Gasteiger partial charge is 0.859 e. The molecule has 1 heterocycles. The fourth-order valence-electron chi connectivity index (χ4n) is 2.27. The van der Waals surface area contributed by atoms with Gasteiger partial charge >= 0.3 is 0 Å². The van der Waals surface area contributed by atoms with Gasteiger partial charge in [0.2, 0.25) is 5.91 Å². The van der Waals surface area contributed by atoms with Gasteiger partial charge in [-0.3, -0.25) is 9.35 Å². The van der Waals surface area contributed by atoms with Crippen molar-refractivity contribution in [1.29, 1.82) is 5.41 Å². The number of hydrogen-bond acceptors (Lipinski definition) is 6. The van der Waals surface area contributed by atoms with Crippen LogP contribution < -0.4 is 10.8 Å². The van der Waals surface area contributed by atoms with E-state index in [0.717, 1.165) is 18.0 Å². The maximum atomic E-state index is 11.5. The van der Waals surface area contributed by atoms with Gasteiger partial charge < -0.3 is 21.1 Å². The monoisotopic (exact) mass is 336 g/mol. The van der Waals surface area contributed by atoms with E-state index in [9.17, 15) is 22.9 Å². The highest BCUT2D eigenvalue weighted by molar-refractivity contribution is 7.87. The minimum atomic E-state index is -4.82. The number of rotatable bonds is 5. The predicted molar refractivity (Wildman–Crippen MR) is 80.4 cm³/mol. The normalized spacial score (nSPS) is 18.1. The summed E-state index contributed by atoms with van der Waals surface area (Å²) in [6.45, 7) is 0.229. The molecule has 0 saturated heterocycles. The van der Waals surface area contributed by atoms with Crippen molar-refractivity contribution in [3.8, 4) is 0 Å². The second-order valence-electron chi connectivity index (χ2n) is 4.92. The average Bonchev–Trinajstić information content (AvgIpc) is 2.46. The summed E-state index contributed by atoms with van der Waals surface area (Å²) in [4.78, 5) is 12.9. The molecular formula is C14H14N3O5S-. The highest BCUT2D eigenvalue weighted by Crippen LogP contribution is 2.26. The summed E-state index contributed by atoms with van der Waals surface area (Å²) >= 11 is 0. The first kappa shape index (κ1) is 16.7. The van der Waals surface area contributed by atoms with Crippen molar-refractivity contribution in [1.82, 2.24) is 4.90 Å². The lowest BCUT2D eigenvalue weighted by atomic mass is 10.0. The van der Waals surface area contributed by atoms with Crippen molar-refractivity contribution < 1.29 is 22.9 Å². The van der Waals surface area contributed by atoms with Gasteiger partial charge in [0.25, 0.3) is 10.1 Å². The highest BCUT2D eigenvalue weighted by Gasteiger charge is 2.37. The number of primary amides is 1. The number of nitrogens with two attached hydrogens (primary N) is 1. The molecule has 0 fully saturated rings. The van der Waals surface area contributed by atoms with Crippen molar-refractivity contribution >= 4 is 21.9 Å². The minimum absolute atomic E-state index is 0.229. The van der Waals surface area contributed by atoms with E-state index in [4.69, 9.17) is 11.1 Å². The van der Waals surface area contributed by atoms with E-state index in [1.165, 1.54) is 4.90 Å². The van der Waals surface area contributed by atoms with Gasteiger partial charge in [-0.1, -0.05) is 30.3 Å². The maximum absolute atomic E-state index is 11.5. The summed E-state index contributed by atoms with van der Waals surface area (Å²) in [6.07, 6.45) is 2.27. The Morgan fingerprint density at radius 2 is 1.83 bits per heavy atom. The van der Waals surface area contributed by atoms with Gasteiger partial charge in [-0.25, -0.2) is 0 Å². The van der Waals surface area contributed by atoms with E-state index in [1.54, 1.807) is 24.3 Å². The Morgan fingerprint density at radius 3 is 2.30 bits per heavy atom. The van der Waals surface area contributed by atoms with E-state index in [1.807, 2.05) is 6.07 Å². The molecule has 1 atom stereocenters. The molecule has 0 bridgehead atoms. The molecule has 1 unspecified atom stereocenters. The molecule has 1 aromatic carbocycles. The lowest BCUT2D eigenvalue weighted by Gasteiger charge is -2.30. The van der Waals surface area contributed by atoms with Gasteiger partial charge in [-0.05, 0) is 11.5 Å². The van der Waals surface area contributed by atoms with Crippen LogP contribution in [-0.4, -0.2) is 34.9 Å². The molecule has 1 amide bonds. The number of nitrogens with zero attached hydrogens (tertiary/aromatic N) is 1. The molecule has 2 rings (SSSR count). The molecule has 4 N–H and O–H groups in total. The molecule has 0 spiro atoms. The molecule has 8 nitrogen and oxygen atoms in total. The zero-order valence-electron chi connectivity index (χ0n) is 11.8. The smallest absolute Gasteiger partial charge is 0.276 e. The van der Waals surface area contributed by atoms with Crippen LogP contribution in [0.1, 0.15) is 5.56 Å². The summed E-state index contributed by atoms with van der Waals surface area (Å²) in [7, 11) is -4.82. The van der Waals surface area contributed by atoms with E-state index in [-0.39, 0.29) is 6.54 Å². The van der Waals surface area contributed by atoms with Crippen LogP contribution in [0.2, 0.25) is 0 Å². The molecule has 0 aromatic heterocycles. The second-order valence-corrected chi connectivity index (χ2v) is 6.42. The molecule has 122 valence electrons. The summed E-state index contributed by atoms with van der Waals surface area (Å²) in [5.74, 6) is -2.42. The van der Waals surface area contributed by atoms with Gasteiger partial charge in [-0.15, -0.1) is 0 Å². The Kier molecular flexibility index (Phi) is 4.52. The van der Waals surface area contributed by atoms with E-state index in [2.05, 4.69) is 0 Å². The van der Waals surface area contributed by atoms with Crippen molar-refractivity contribution in [3.63, 3.8) is 0 Å². The lowest BCUT2D eigenvalue weighted by Crippen LogP contribution is -2.41. The molecule has 1 aromatic rings. The quantitative estimate of drug-likeness (QED) is 0.370. The average molecular weight is 336 g/mol. The Balaban J connectivity index is 2.48. The summed E-state index contributed by atoms with van der Waals surface area (Å²) in [5.41, 5.74) is 4.98. The Morgan fingerprint density at radius 1 is 1.26 bits per heavy atom. The lowest BCUT2D eigenvalue weighted by molar-refractivity contribution is -0.215. The topological polar surface area (TPSA) is 148 Å². The molecule has 23 heavy (non-hydrogen) atoms. The Bertz CT molecular complexity index is 767. The van der Waals surface area contributed by atoms with Gasteiger partial charge in [0, 0.05) is 24.5 Å². The summed E-state index contributed by atoms with van der Waals surface area (Å²) in [5, 5.41) is 16.7. The highest BCUT2D eigenvalue weighted by atomic mass is 32.2. The minimum Gasteiger partial charge on any atom is -0.859 e. The molecule has 0 aliphatic carbocycles. The van der Waals surface area contributed by atoms with Crippen molar-refractivity contribution in [2.24, 2.45) is 5.73 Å². The molecule has 0 radical (unpaired) electrons. The summed E-state index contributed by atoms with van der Waals surface area (Å²) in [6, 6.07) is 8.98. The molecular weight excluding hydrogens is 322 g/mol. The van der Waals surface area contributed by atoms with Crippen LogP contribution in [0.25, 0.3) is 0 Å².